The van der Waals surface area contributed by atoms with Crippen LogP contribution in [0.5, 0.6) is 0 Å². The summed E-state index contributed by atoms with van der Waals surface area (Å²) >= 11 is 0. The van der Waals surface area contributed by atoms with Crippen LogP contribution in [0, 0.1) is 0 Å². The average molecular weight is 164 g/mol. The fourth-order valence-corrected chi connectivity index (χ4v) is 0.563. The summed E-state index contributed by atoms with van der Waals surface area (Å²) in [5.41, 5.74) is 4.06. The topological polar surface area (TPSA) is 24.7 Å². The monoisotopic (exact) mass is 164 g/mol. The van der Waals surface area contributed by atoms with E-state index in [2.05, 4.69) is 22.5 Å². The first-order chi connectivity index (χ1) is 5.77. The van der Waals surface area contributed by atoms with Gasteiger partial charge in [0.25, 0.3) is 0 Å². The van der Waals surface area contributed by atoms with Crippen LogP contribution in [0.3, 0.4) is 0 Å². The van der Waals surface area contributed by atoms with Gasteiger partial charge in [0.05, 0.1) is 12.7 Å². The van der Waals surface area contributed by atoms with Crippen molar-refractivity contribution in [2.24, 2.45) is 10.2 Å². The molecule has 12 heavy (non-hydrogen) atoms. The third kappa shape index (κ3) is 8.86. The summed E-state index contributed by atoms with van der Waals surface area (Å²) in [5.74, 6) is 0. The summed E-state index contributed by atoms with van der Waals surface area (Å²) in [6.07, 6.45) is 5.52. The van der Waals surface area contributed by atoms with Crippen LogP contribution in [0.15, 0.2) is 40.4 Å². The SMILES string of the molecule is C=CCCCN=NC=C=C(C)C. The Morgan fingerprint density at radius 1 is 1.50 bits per heavy atom. The molecule has 0 aromatic rings. The molecule has 0 aliphatic rings. The highest BCUT2D eigenvalue weighted by Crippen LogP contribution is 1.90. The van der Waals surface area contributed by atoms with Crippen molar-refractivity contribution in [2.45, 2.75) is 26.7 Å². The van der Waals surface area contributed by atoms with Crippen LogP contribution >= 0.6 is 0 Å². The smallest absolute Gasteiger partial charge is 0.0909 e. The van der Waals surface area contributed by atoms with Gasteiger partial charge in [-0.3, -0.25) is 0 Å². The van der Waals surface area contributed by atoms with Crippen molar-refractivity contribution >= 4 is 0 Å². The van der Waals surface area contributed by atoms with E-state index in [1.807, 2.05) is 19.9 Å². The second kappa shape index (κ2) is 7.96. The molecule has 0 heterocycles. The Morgan fingerprint density at radius 2 is 2.25 bits per heavy atom. The predicted molar refractivity (Wildman–Crippen MR) is 52.1 cm³/mol. The molecule has 66 valence electrons. The van der Waals surface area contributed by atoms with E-state index in [0.717, 1.165) is 25.0 Å². The van der Waals surface area contributed by atoms with Crippen LogP contribution in [0.25, 0.3) is 0 Å². The van der Waals surface area contributed by atoms with Gasteiger partial charge in [-0.05, 0) is 32.3 Å². The van der Waals surface area contributed by atoms with Crippen LogP contribution in [-0.4, -0.2) is 6.54 Å². The van der Waals surface area contributed by atoms with Crippen LogP contribution in [0.4, 0.5) is 0 Å². The second-order valence-electron chi connectivity index (χ2n) is 2.68. The Morgan fingerprint density at radius 3 is 2.83 bits per heavy atom. The zero-order chi connectivity index (χ0) is 9.23. The number of hydrogen-bond donors (Lipinski definition) is 0. The molecule has 0 spiro atoms. The lowest BCUT2D eigenvalue weighted by molar-refractivity contribution is 0.818. The number of azo groups is 1. The molecule has 0 aliphatic heterocycles. The maximum atomic E-state index is 3.93. The Hall–Kier alpha value is -1.14. The normalized spacial score (nSPS) is 9.50. The van der Waals surface area contributed by atoms with Gasteiger partial charge >= 0.3 is 0 Å². The number of hydrogen-bond acceptors (Lipinski definition) is 2. The highest BCUT2D eigenvalue weighted by atomic mass is 15.1. The summed E-state index contributed by atoms with van der Waals surface area (Å²) in [5, 5.41) is 7.74. The first kappa shape index (κ1) is 10.9. The molecule has 0 amide bonds. The van der Waals surface area contributed by atoms with E-state index >= 15 is 0 Å². The molecule has 0 aromatic carbocycles. The molecule has 0 bridgehead atoms. The van der Waals surface area contributed by atoms with Crippen molar-refractivity contribution in [3.8, 4) is 0 Å². The molecule has 0 aromatic heterocycles. The Labute approximate surface area is 74.4 Å². The van der Waals surface area contributed by atoms with Gasteiger partial charge in [0.2, 0.25) is 0 Å². The van der Waals surface area contributed by atoms with Crippen molar-refractivity contribution < 1.29 is 0 Å². The molecular formula is C10H16N2. The summed E-state index contributed by atoms with van der Waals surface area (Å²) in [4.78, 5) is 0. The van der Waals surface area contributed by atoms with Gasteiger partial charge in [-0.1, -0.05) is 6.08 Å². The van der Waals surface area contributed by atoms with Gasteiger partial charge in [0, 0.05) is 0 Å². The maximum absolute atomic E-state index is 3.93. The Kier molecular flexibility index (Phi) is 7.21. The lowest BCUT2D eigenvalue weighted by Gasteiger charge is -1.85. The largest absolute Gasteiger partial charge is 0.189 e. The zero-order valence-corrected chi connectivity index (χ0v) is 7.88. The third-order valence-corrected chi connectivity index (χ3v) is 1.16. The number of allylic oxidation sites excluding steroid dienone is 2. The Balaban J connectivity index is 3.50. The molecule has 0 rings (SSSR count). The first-order valence-corrected chi connectivity index (χ1v) is 4.13. The predicted octanol–water partition coefficient (Wildman–Crippen LogP) is 3.48. The quantitative estimate of drug-likeness (QED) is 0.257. The number of nitrogens with zero attached hydrogens (tertiary/aromatic N) is 2. The molecule has 0 N–H and O–H groups in total. The third-order valence-electron chi connectivity index (χ3n) is 1.16. The van der Waals surface area contributed by atoms with E-state index in [4.69, 9.17) is 0 Å². The lowest BCUT2D eigenvalue weighted by atomic mass is 10.3. The molecular weight excluding hydrogens is 148 g/mol. The average Bonchev–Trinajstić information content (AvgIpc) is 2.02. The van der Waals surface area contributed by atoms with Crippen molar-refractivity contribution in [2.75, 3.05) is 6.54 Å². The van der Waals surface area contributed by atoms with Crippen molar-refractivity contribution in [3.05, 3.63) is 30.2 Å². The highest BCUT2D eigenvalue weighted by molar-refractivity contribution is 4.92. The second-order valence-corrected chi connectivity index (χ2v) is 2.68. The van der Waals surface area contributed by atoms with Gasteiger partial charge in [-0.15, -0.1) is 12.3 Å². The summed E-state index contributed by atoms with van der Waals surface area (Å²) < 4.78 is 0. The van der Waals surface area contributed by atoms with Gasteiger partial charge < -0.3 is 0 Å². The minimum Gasteiger partial charge on any atom is -0.189 e. The van der Waals surface area contributed by atoms with Crippen LogP contribution in [0.2, 0.25) is 0 Å². The molecule has 2 heteroatoms. The molecule has 0 fully saturated rings. The van der Waals surface area contributed by atoms with Gasteiger partial charge in [0.1, 0.15) is 0 Å². The van der Waals surface area contributed by atoms with E-state index in [1.54, 1.807) is 6.20 Å². The highest BCUT2D eigenvalue weighted by Gasteiger charge is 1.78. The Bertz CT molecular complexity index is 204. The standard InChI is InChI=1S/C10H16N2/c1-4-5-6-8-11-12-9-7-10(2)3/h4,9H,1,5-6,8H2,2-3H3. The fraction of sp³-hybridized carbons (Fsp3) is 0.500. The minimum absolute atomic E-state index is 0.771. The van der Waals surface area contributed by atoms with Crippen LogP contribution in [-0.2, 0) is 0 Å². The first-order valence-electron chi connectivity index (χ1n) is 4.13. The molecule has 0 unspecified atom stereocenters. The molecule has 0 saturated heterocycles. The van der Waals surface area contributed by atoms with Crippen LogP contribution in [0.1, 0.15) is 26.7 Å². The minimum atomic E-state index is 0.771. The van der Waals surface area contributed by atoms with E-state index in [1.165, 1.54) is 0 Å². The molecule has 0 atom stereocenters. The summed E-state index contributed by atoms with van der Waals surface area (Å²) in [6, 6.07) is 0. The van der Waals surface area contributed by atoms with E-state index in [-0.39, 0.29) is 0 Å². The van der Waals surface area contributed by atoms with Gasteiger partial charge in [0.15, 0.2) is 0 Å². The van der Waals surface area contributed by atoms with Gasteiger partial charge in [-0.25, -0.2) is 0 Å². The summed E-state index contributed by atoms with van der Waals surface area (Å²) in [7, 11) is 0. The van der Waals surface area contributed by atoms with E-state index in [0.29, 0.717) is 0 Å². The van der Waals surface area contributed by atoms with Crippen molar-refractivity contribution in [1.29, 1.82) is 0 Å². The van der Waals surface area contributed by atoms with Crippen molar-refractivity contribution in [3.63, 3.8) is 0 Å². The van der Waals surface area contributed by atoms with Crippen LogP contribution < -0.4 is 0 Å². The van der Waals surface area contributed by atoms with Crippen molar-refractivity contribution in [1.82, 2.24) is 0 Å². The maximum Gasteiger partial charge on any atom is 0.0909 e. The molecule has 2 nitrogen and oxygen atoms in total. The fourth-order valence-electron chi connectivity index (χ4n) is 0.563. The number of unbranched alkanes of at least 4 members (excludes halogenated alkanes) is 1. The van der Waals surface area contributed by atoms with Gasteiger partial charge in [-0.2, -0.15) is 10.2 Å². The molecule has 0 saturated carbocycles. The van der Waals surface area contributed by atoms with E-state index in [9.17, 15) is 0 Å². The molecule has 0 radical (unpaired) electrons. The number of rotatable bonds is 5. The molecule has 0 aliphatic carbocycles. The summed E-state index contributed by atoms with van der Waals surface area (Å²) in [6.45, 7) is 8.34. The zero-order valence-electron chi connectivity index (χ0n) is 7.88. The lowest BCUT2D eigenvalue weighted by Crippen LogP contribution is -1.75. The van der Waals surface area contributed by atoms with E-state index < -0.39 is 0 Å².